The van der Waals surface area contributed by atoms with Gasteiger partial charge in [0.15, 0.2) is 8.24 Å². The summed E-state index contributed by atoms with van der Waals surface area (Å²) in [6.45, 7) is 12.2. The predicted molar refractivity (Wildman–Crippen MR) is 84.9 cm³/mol. The van der Waals surface area contributed by atoms with Crippen LogP contribution in [0, 0.1) is 0 Å². The Morgan fingerprint density at radius 2 is 1.37 bits per heavy atom. The molecule has 5 heteroatoms. The molecule has 0 amide bonds. The first kappa shape index (κ1) is 16.1. The summed E-state index contributed by atoms with van der Waals surface area (Å²) >= 11 is 0. The minimum absolute atomic E-state index is 0.276. The number of nitrogens with zero attached hydrogens (tertiary/aromatic N) is 1. The third-order valence-corrected chi connectivity index (χ3v) is 6.68. The van der Waals surface area contributed by atoms with Crippen molar-refractivity contribution in [1.29, 1.82) is 0 Å². The van der Waals surface area contributed by atoms with Crippen molar-refractivity contribution in [2.75, 3.05) is 4.57 Å². The molecule has 0 fully saturated rings. The molecule has 19 heavy (non-hydrogen) atoms. The molecule has 1 aromatic rings. The summed E-state index contributed by atoms with van der Waals surface area (Å²) in [5.74, 6) is 0. The van der Waals surface area contributed by atoms with Gasteiger partial charge in [0.25, 0.3) is 6.08 Å². The zero-order valence-corrected chi connectivity index (χ0v) is 14.6. The Kier molecular flexibility index (Phi) is 4.73. The largest absolute Gasteiger partial charge is 0.372 e. The van der Waals surface area contributed by atoms with Gasteiger partial charge in [0.2, 0.25) is 0 Å². The second-order valence-corrected chi connectivity index (χ2v) is 16.5. The lowest BCUT2D eigenvalue weighted by atomic mass is 10.3. The monoisotopic (exact) mass is 299 g/mol. The number of para-hydroxylation sites is 1. The number of rotatable bonds is 4. The van der Waals surface area contributed by atoms with Crippen LogP contribution in [0.15, 0.2) is 41.7 Å². The van der Waals surface area contributed by atoms with Crippen LogP contribution in [0.25, 0.3) is 0 Å². The van der Waals surface area contributed by atoms with Crippen LogP contribution in [0.3, 0.4) is 0 Å². The fourth-order valence-corrected chi connectivity index (χ4v) is 7.19. The molecule has 1 nitrogen and oxygen atoms in total. The molecule has 0 unspecified atom stereocenters. The third-order valence-electron chi connectivity index (χ3n) is 2.80. The van der Waals surface area contributed by atoms with E-state index >= 15 is 0 Å². The Morgan fingerprint density at radius 1 is 0.895 bits per heavy atom. The van der Waals surface area contributed by atoms with E-state index in [0.29, 0.717) is 0 Å². The lowest BCUT2D eigenvalue weighted by Crippen LogP contribution is -2.51. The third kappa shape index (κ3) is 4.01. The lowest BCUT2D eigenvalue weighted by Gasteiger charge is -2.42. The zero-order valence-electron chi connectivity index (χ0n) is 12.6. The Balaban J connectivity index is 3.47. The van der Waals surface area contributed by atoms with Gasteiger partial charge >= 0.3 is 0 Å². The van der Waals surface area contributed by atoms with E-state index in [2.05, 4.69) is 19.6 Å². The van der Waals surface area contributed by atoms with E-state index in [4.69, 9.17) is 0 Å². The fraction of sp³-hybridized carbons (Fsp3) is 0.429. The van der Waals surface area contributed by atoms with E-state index in [-0.39, 0.29) is 5.32 Å². The fourth-order valence-electron chi connectivity index (χ4n) is 2.13. The molecule has 0 saturated carbocycles. The van der Waals surface area contributed by atoms with Crippen LogP contribution >= 0.6 is 0 Å². The average molecular weight is 300 g/mol. The number of anilines is 1. The van der Waals surface area contributed by atoms with Gasteiger partial charge in [0.05, 0.1) is 5.32 Å². The van der Waals surface area contributed by atoms with Crippen LogP contribution in [0.4, 0.5) is 14.5 Å². The van der Waals surface area contributed by atoms with Crippen molar-refractivity contribution >= 4 is 22.0 Å². The quantitative estimate of drug-likeness (QED) is 0.681. The highest BCUT2D eigenvalue weighted by Gasteiger charge is 2.37. The molecule has 0 heterocycles. The van der Waals surface area contributed by atoms with Crippen molar-refractivity contribution < 1.29 is 8.78 Å². The molecular formula is C14H23F2NSi2. The maximum absolute atomic E-state index is 13.6. The van der Waals surface area contributed by atoms with E-state index in [0.717, 1.165) is 5.69 Å². The second-order valence-electron chi connectivity index (χ2n) is 6.70. The van der Waals surface area contributed by atoms with Crippen LogP contribution in [0.5, 0.6) is 0 Å². The van der Waals surface area contributed by atoms with Gasteiger partial charge in [0, 0.05) is 5.69 Å². The first-order chi connectivity index (χ1) is 8.55. The standard InChI is InChI=1S/C14H23F2NSi2/c1-18(2,3)14(13(15)16)17(19(4,5)6)12-10-8-7-9-11-12/h7-11H,1-6H3. The highest BCUT2D eigenvalue weighted by atomic mass is 28.3. The Bertz CT molecular complexity index is 455. The van der Waals surface area contributed by atoms with Crippen LogP contribution in [0.2, 0.25) is 39.3 Å². The second kappa shape index (κ2) is 5.58. The molecule has 0 saturated heterocycles. The number of halogens is 2. The van der Waals surface area contributed by atoms with Crippen molar-refractivity contribution in [3.05, 3.63) is 41.7 Å². The number of benzene rings is 1. The molecular weight excluding hydrogens is 276 g/mol. The lowest BCUT2D eigenvalue weighted by molar-refractivity contribution is 0.415. The Hall–Kier alpha value is -0.946. The van der Waals surface area contributed by atoms with E-state index in [1.807, 2.05) is 54.5 Å². The molecule has 0 aromatic heterocycles. The molecule has 1 rings (SSSR count). The summed E-state index contributed by atoms with van der Waals surface area (Å²) in [6, 6.07) is 9.55. The predicted octanol–water partition coefficient (Wildman–Crippen LogP) is 5.31. The molecule has 0 atom stereocenters. The highest BCUT2D eigenvalue weighted by Crippen LogP contribution is 2.33. The van der Waals surface area contributed by atoms with E-state index in [9.17, 15) is 8.78 Å². The van der Waals surface area contributed by atoms with Gasteiger partial charge in [-0.25, -0.2) is 0 Å². The summed E-state index contributed by atoms with van der Waals surface area (Å²) < 4.78 is 29.0. The highest BCUT2D eigenvalue weighted by molar-refractivity contribution is 6.89. The van der Waals surface area contributed by atoms with Crippen LogP contribution < -0.4 is 4.57 Å². The van der Waals surface area contributed by atoms with Crippen molar-refractivity contribution in [1.82, 2.24) is 0 Å². The van der Waals surface area contributed by atoms with Crippen LogP contribution in [0.1, 0.15) is 0 Å². The smallest absolute Gasteiger partial charge is 0.284 e. The Morgan fingerprint density at radius 3 is 1.68 bits per heavy atom. The normalized spacial score (nSPS) is 12.2. The first-order valence-corrected chi connectivity index (χ1v) is 13.4. The summed E-state index contributed by atoms with van der Waals surface area (Å²) in [5, 5.41) is 0.276. The van der Waals surface area contributed by atoms with Crippen molar-refractivity contribution in [3.63, 3.8) is 0 Å². The molecule has 0 aliphatic rings. The molecule has 106 valence electrons. The average Bonchev–Trinajstić information content (AvgIpc) is 2.23. The Labute approximate surface area is 117 Å². The zero-order chi connectivity index (χ0) is 14.8. The topological polar surface area (TPSA) is 3.24 Å². The van der Waals surface area contributed by atoms with E-state index in [1.165, 1.54) is 0 Å². The van der Waals surface area contributed by atoms with Crippen molar-refractivity contribution in [2.45, 2.75) is 39.3 Å². The van der Waals surface area contributed by atoms with Gasteiger partial charge in [-0.05, 0) is 12.1 Å². The minimum atomic E-state index is -2.12. The summed E-state index contributed by atoms with van der Waals surface area (Å²) in [4.78, 5) is 0. The van der Waals surface area contributed by atoms with Gasteiger partial charge in [0.1, 0.15) is 8.07 Å². The summed E-state index contributed by atoms with van der Waals surface area (Å²) in [5.41, 5.74) is 0.881. The van der Waals surface area contributed by atoms with Crippen LogP contribution in [-0.2, 0) is 0 Å². The van der Waals surface area contributed by atoms with Gasteiger partial charge in [-0.3, -0.25) is 0 Å². The van der Waals surface area contributed by atoms with Crippen molar-refractivity contribution in [2.24, 2.45) is 0 Å². The molecule has 0 radical (unpaired) electrons. The van der Waals surface area contributed by atoms with Gasteiger partial charge in [-0.15, -0.1) is 0 Å². The number of hydrogen-bond donors (Lipinski definition) is 0. The first-order valence-electron chi connectivity index (χ1n) is 6.46. The summed E-state index contributed by atoms with van der Waals surface area (Å²) in [6.07, 6.45) is -1.52. The minimum Gasteiger partial charge on any atom is -0.372 e. The molecule has 0 bridgehead atoms. The molecule has 0 N–H and O–H groups in total. The van der Waals surface area contributed by atoms with E-state index < -0.39 is 22.4 Å². The maximum atomic E-state index is 13.6. The van der Waals surface area contributed by atoms with Gasteiger partial charge < -0.3 is 4.57 Å². The van der Waals surface area contributed by atoms with Gasteiger partial charge in [-0.1, -0.05) is 57.5 Å². The van der Waals surface area contributed by atoms with Crippen LogP contribution in [-0.4, -0.2) is 16.3 Å². The number of hydrogen-bond acceptors (Lipinski definition) is 1. The molecule has 1 aromatic carbocycles. The molecule has 0 spiro atoms. The molecule has 0 aliphatic carbocycles. The van der Waals surface area contributed by atoms with Gasteiger partial charge in [-0.2, -0.15) is 8.78 Å². The van der Waals surface area contributed by atoms with E-state index in [1.54, 1.807) is 0 Å². The SMILES string of the molecule is C[Si](C)(C)C(=C(F)F)N(c1ccccc1)[Si](C)(C)C. The summed E-state index contributed by atoms with van der Waals surface area (Å²) in [7, 11) is -4.05. The van der Waals surface area contributed by atoms with Crippen molar-refractivity contribution in [3.8, 4) is 0 Å². The maximum Gasteiger partial charge on any atom is 0.284 e. The molecule has 0 aliphatic heterocycles.